The van der Waals surface area contributed by atoms with Crippen LogP contribution in [0.3, 0.4) is 0 Å². The third kappa shape index (κ3) is 6.85. The molecular weight excluding hydrogens is 479 g/mol. The zero-order valence-corrected chi connectivity index (χ0v) is 21.3. The van der Waals surface area contributed by atoms with Crippen molar-refractivity contribution < 1.29 is 18.0 Å². The highest BCUT2D eigenvalue weighted by atomic mass is 19.4. The molecule has 1 atom stereocenters. The van der Waals surface area contributed by atoms with E-state index in [1.807, 2.05) is 0 Å². The minimum absolute atomic E-state index is 0.115. The summed E-state index contributed by atoms with van der Waals surface area (Å²) in [6, 6.07) is 15.0. The Morgan fingerprint density at radius 1 is 1.05 bits per heavy atom. The van der Waals surface area contributed by atoms with E-state index in [4.69, 9.17) is 5.73 Å². The SMILES string of the molecule is CNc1ccc(/C(CC(C)(c2cccc3ncccc23)C(F)(F)F)=N/N(C=O)CCCCCCN)cc1. The van der Waals surface area contributed by atoms with Crippen LogP contribution >= 0.6 is 0 Å². The van der Waals surface area contributed by atoms with Gasteiger partial charge in [0, 0.05) is 37.3 Å². The van der Waals surface area contributed by atoms with E-state index in [9.17, 15) is 18.0 Å². The number of benzene rings is 2. The maximum atomic E-state index is 14.9. The Balaban J connectivity index is 2.06. The number of nitrogens with zero attached hydrogens (tertiary/aromatic N) is 3. The third-order valence-electron chi connectivity index (χ3n) is 6.61. The van der Waals surface area contributed by atoms with Crippen molar-refractivity contribution in [3.05, 3.63) is 71.9 Å². The van der Waals surface area contributed by atoms with Gasteiger partial charge in [0.1, 0.15) is 0 Å². The van der Waals surface area contributed by atoms with Gasteiger partial charge in [-0.15, -0.1) is 0 Å². The van der Waals surface area contributed by atoms with Crippen LogP contribution in [0.25, 0.3) is 10.9 Å². The van der Waals surface area contributed by atoms with Crippen molar-refractivity contribution in [2.75, 3.05) is 25.5 Å². The van der Waals surface area contributed by atoms with Gasteiger partial charge in [0.25, 0.3) is 0 Å². The van der Waals surface area contributed by atoms with Crippen LogP contribution in [0, 0.1) is 0 Å². The Bertz CT molecular complexity index is 1190. The second-order valence-electron chi connectivity index (χ2n) is 9.23. The number of alkyl halides is 3. The fraction of sp³-hybridized carbons (Fsp3) is 0.393. The average molecular weight is 514 g/mol. The molecule has 0 fully saturated rings. The number of halogens is 3. The first-order valence-electron chi connectivity index (χ1n) is 12.4. The van der Waals surface area contributed by atoms with Gasteiger partial charge in [-0.2, -0.15) is 18.3 Å². The number of nitrogens with two attached hydrogens (primary N) is 1. The molecule has 1 aromatic heterocycles. The van der Waals surface area contributed by atoms with Gasteiger partial charge in [-0.05, 0) is 61.7 Å². The van der Waals surface area contributed by atoms with Crippen molar-refractivity contribution >= 4 is 28.7 Å². The summed E-state index contributed by atoms with van der Waals surface area (Å²) in [5.74, 6) is 0. The zero-order chi connectivity index (χ0) is 26.9. The first kappa shape index (κ1) is 28.1. The predicted octanol–water partition coefficient (Wildman–Crippen LogP) is 5.87. The second-order valence-corrected chi connectivity index (χ2v) is 9.23. The number of nitrogens with one attached hydrogen (secondary N) is 1. The molecule has 0 aliphatic carbocycles. The summed E-state index contributed by atoms with van der Waals surface area (Å²) >= 11 is 0. The summed E-state index contributed by atoms with van der Waals surface area (Å²) < 4.78 is 44.6. The van der Waals surface area contributed by atoms with E-state index in [1.54, 1.807) is 61.8 Å². The molecule has 198 valence electrons. The van der Waals surface area contributed by atoms with E-state index in [2.05, 4.69) is 15.4 Å². The number of anilines is 1. The summed E-state index contributed by atoms with van der Waals surface area (Å²) in [5, 5.41) is 9.10. The number of hydrogen-bond donors (Lipinski definition) is 2. The maximum Gasteiger partial charge on any atom is 0.398 e. The first-order valence-corrected chi connectivity index (χ1v) is 12.4. The highest BCUT2D eigenvalue weighted by Crippen LogP contribution is 2.46. The van der Waals surface area contributed by atoms with E-state index in [0.717, 1.165) is 24.9 Å². The van der Waals surface area contributed by atoms with E-state index in [-0.39, 0.29) is 11.3 Å². The number of hydrazone groups is 1. The van der Waals surface area contributed by atoms with Crippen LogP contribution in [0.15, 0.2) is 65.9 Å². The molecule has 0 radical (unpaired) electrons. The molecule has 0 bridgehead atoms. The molecule has 3 rings (SSSR count). The standard InChI is InChI=1S/C28H34F3N5O/c1-27(28(29,30)31,24-10-7-11-25-23(24)9-8-17-34-25)19-26(21-12-14-22(33-2)15-13-21)35-36(20-37)18-6-4-3-5-16-32/h7-15,17,20,33H,3-6,16,18-19,32H2,1-2H3/b35-26+. The number of carbonyl (C=O) groups is 1. The Morgan fingerprint density at radius 3 is 2.43 bits per heavy atom. The fourth-order valence-corrected chi connectivity index (χ4v) is 4.34. The van der Waals surface area contributed by atoms with Gasteiger partial charge in [-0.3, -0.25) is 9.78 Å². The van der Waals surface area contributed by atoms with Gasteiger partial charge in [0.15, 0.2) is 0 Å². The van der Waals surface area contributed by atoms with Crippen LogP contribution in [-0.4, -0.2) is 48.4 Å². The lowest BCUT2D eigenvalue weighted by atomic mass is 9.75. The lowest BCUT2D eigenvalue weighted by Gasteiger charge is -2.34. The molecule has 1 heterocycles. The molecule has 3 aromatic rings. The quantitative estimate of drug-likeness (QED) is 0.130. The molecule has 6 nitrogen and oxygen atoms in total. The zero-order valence-electron chi connectivity index (χ0n) is 21.3. The van der Waals surface area contributed by atoms with Crippen LogP contribution in [0.4, 0.5) is 18.9 Å². The number of carbonyl (C=O) groups excluding carboxylic acids is 1. The number of amides is 1. The summed E-state index contributed by atoms with van der Waals surface area (Å²) in [4.78, 5) is 16.1. The number of rotatable bonds is 13. The van der Waals surface area contributed by atoms with Crippen molar-refractivity contribution in [2.24, 2.45) is 10.8 Å². The molecule has 3 N–H and O–H groups in total. The Kier molecular flexibility index (Phi) is 9.63. The van der Waals surface area contributed by atoms with Crippen LogP contribution in [0.2, 0.25) is 0 Å². The third-order valence-corrected chi connectivity index (χ3v) is 6.61. The van der Waals surface area contributed by atoms with Gasteiger partial charge < -0.3 is 11.1 Å². The molecule has 0 aliphatic rings. The Labute approximate surface area is 215 Å². The topological polar surface area (TPSA) is 83.6 Å². The Hall–Kier alpha value is -3.46. The van der Waals surface area contributed by atoms with Crippen molar-refractivity contribution in [3.8, 4) is 0 Å². The van der Waals surface area contributed by atoms with Crippen molar-refractivity contribution in [1.82, 2.24) is 9.99 Å². The van der Waals surface area contributed by atoms with Crippen molar-refractivity contribution in [3.63, 3.8) is 0 Å². The van der Waals surface area contributed by atoms with Gasteiger partial charge in [-0.1, -0.05) is 43.2 Å². The van der Waals surface area contributed by atoms with Gasteiger partial charge in [0.2, 0.25) is 6.41 Å². The van der Waals surface area contributed by atoms with Crippen LogP contribution < -0.4 is 11.1 Å². The highest BCUT2D eigenvalue weighted by molar-refractivity contribution is 6.02. The summed E-state index contributed by atoms with van der Waals surface area (Å²) in [6.07, 6.45) is 0.411. The van der Waals surface area contributed by atoms with E-state index < -0.39 is 18.0 Å². The predicted molar refractivity (Wildman–Crippen MR) is 143 cm³/mol. The van der Waals surface area contributed by atoms with Gasteiger partial charge in [0.05, 0.1) is 16.6 Å². The van der Waals surface area contributed by atoms with Crippen LogP contribution in [0.5, 0.6) is 0 Å². The molecular formula is C28H34F3N5O. The summed E-state index contributed by atoms with van der Waals surface area (Å²) in [5.41, 5.74) is 5.36. The monoisotopic (exact) mass is 513 g/mol. The lowest BCUT2D eigenvalue weighted by Crippen LogP contribution is -2.42. The summed E-state index contributed by atoms with van der Waals surface area (Å²) in [7, 11) is 1.76. The van der Waals surface area contributed by atoms with E-state index in [0.29, 0.717) is 42.4 Å². The molecule has 0 saturated heterocycles. The minimum atomic E-state index is -4.60. The highest BCUT2D eigenvalue weighted by Gasteiger charge is 2.53. The van der Waals surface area contributed by atoms with Crippen LogP contribution in [0.1, 0.15) is 50.2 Å². The number of aromatic nitrogens is 1. The fourth-order valence-electron chi connectivity index (χ4n) is 4.34. The van der Waals surface area contributed by atoms with Gasteiger partial charge >= 0.3 is 6.18 Å². The van der Waals surface area contributed by atoms with Crippen LogP contribution in [-0.2, 0) is 10.2 Å². The molecule has 1 unspecified atom stereocenters. The number of unbranched alkanes of at least 4 members (excludes halogenated alkanes) is 3. The molecule has 1 amide bonds. The lowest BCUT2D eigenvalue weighted by molar-refractivity contribution is -0.183. The van der Waals surface area contributed by atoms with Crippen molar-refractivity contribution in [2.45, 2.75) is 50.6 Å². The molecule has 0 spiro atoms. The average Bonchev–Trinajstić information content (AvgIpc) is 2.90. The molecule has 37 heavy (non-hydrogen) atoms. The van der Waals surface area contributed by atoms with E-state index in [1.165, 1.54) is 18.0 Å². The number of fused-ring (bicyclic) bond motifs is 1. The number of hydrogen-bond acceptors (Lipinski definition) is 5. The molecule has 9 heteroatoms. The second kappa shape index (κ2) is 12.7. The normalized spacial score (nSPS) is 13.8. The molecule has 0 saturated carbocycles. The smallest absolute Gasteiger partial charge is 0.388 e. The first-order chi connectivity index (χ1) is 17.7. The minimum Gasteiger partial charge on any atom is -0.388 e. The van der Waals surface area contributed by atoms with Crippen molar-refractivity contribution in [1.29, 1.82) is 0 Å². The van der Waals surface area contributed by atoms with Gasteiger partial charge in [-0.25, -0.2) is 5.01 Å². The molecule has 2 aromatic carbocycles. The molecule has 0 aliphatic heterocycles. The van der Waals surface area contributed by atoms with E-state index >= 15 is 0 Å². The maximum absolute atomic E-state index is 14.9. The summed E-state index contributed by atoms with van der Waals surface area (Å²) in [6.45, 7) is 2.10. The Morgan fingerprint density at radius 2 is 1.78 bits per heavy atom. The number of pyridine rings is 1. The largest absolute Gasteiger partial charge is 0.398 e.